The Balaban J connectivity index is 1.93. The van der Waals surface area contributed by atoms with Gasteiger partial charge >= 0.3 is 0 Å². The van der Waals surface area contributed by atoms with Crippen LogP contribution >= 0.6 is 15.9 Å². The molecule has 0 radical (unpaired) electrons. The maximum absolute atomic E-state index is 13.3. The molecule has 104 valence electrons. The van der Waals surface area contributed by atoms with E-state index in [1.54, 1.807) is 12.1 Å². The smallest absolute Gasteiger partial charge is 0.161 e. The minimum atomic E-state index is -0.345. The van der Waals surface area contributed by atoms with Gasteiger partial charge < -0.3 is 15.2 Å². The zero-order valence-corrected chi connectivity index (χ0v) is 12.2. The molecule has 0 spiro atoms. The van der Waals surface area contributed by atoms with Crippen LogP contribution in [-0.4, -0.2) is 13.2 Å². The molecule has 0 fully saturated rings. The van der Waals surface area contributed by atoms with E-state index in [1.807, 2.05) is 18.2 Å². The second-order valence-electron chi connectivity index (χ2n) is 4.55. The van der Waals surface area contributed by atoms with E-state index in [0.29, 0.717) is 23.4 Å². The quantitative estimate of drug-likeness (QED) is 0.913. The minimum absolute atomic E-state index is 0.303. The second kappa shape index (κ2) is 5.42. The first kappa shape index (κ1) is 13.4. The molecular weight excluding hydrogens is 325 g/mol. The lowest BCUT2D eigenvalue weighted by Gasteiger charge is -2.20. The van der Waals surface area contributed by atoms with Gasteiger partial charge in [-0.1, -0.05) is 12.1 Å². The number of benzene rings is 2. The van der Waals surface area contributed by atoms with E-state index in [9.17, 15) is 4.39 Å². The predicted molar refractivity (Wildman–Crippen MR) is 77.6 cm³/mol. The van der Waals surface area contributed by atoms with Gasteiger partial charge in [-0.15, -0.1) is 0 Å². The second-order valence-corrected chi connectivity index (χ2v) is 5.41. The summed E-state index contributed by atoms with van der Waals surface area (Å²) in [5.41, 5.74) is 7.95. The van der Waals surface area contributed by atoms with E-state index in [4.69, 9.17) is 15.2 Å². The van der Waals surface area contributed by atoms with Gasteiger partial charge in [0.25, 0.3) is 0 Å². The molecule has 0 saturated heterocycles. The molecule has 2 aromatic rings. The predicted octanol–water partition coefficient (Wildman–Crippen LogP) is 3.41. The van der Waals surface area contributed by atoms with Crippen LogP contribution in [0.1, 0.15) is 17.2 Å². The molecule has 1 atom stereocenters. The van der Waals surface area contributed by atoms with E-state index in [2.05, 4.69) is 15.9 Å². The fourth-order valence-electron chi connectivity index (χ4n) is 2.15. The van der Waals surface area contributed by atoms with Gasteiger partial charge in [-0.05, 0) is 51.3 Å². The van der Waals surface area contributed by atoms with Crippen molar-refractivity contribution in [2.75, 3.05) is 13.2 Å². The zero-order chi connectivity index (χ0) is 14.1. The molecule has 1 heterocycles. The topological polar surface area (TPSA) is 44.5 Å². The molecule has 0 amide bonds. The summed E-state index contributed by atoms with van der Waals surface area (Å²) in [6.45, 7) is 1.09. The van der Waals surface area contributed by atoms with Crippen LogP contribution in [0.4, 0.5) is 4.39 Å². The minimum Gasteiger partial charge on any atom is -0.486 e. The van der Waals surface area contributed by atoms with Crippen molar-refractivity contribution in [2.45, 2.75) is 6.04 Å². The first-order valence-corrected chi connectivity index (χ1v) is 7.04. The Bertz CT molecular complexity index is 648. The van der Waals surface area contributed by atoms with Crippen LogP contribution in [0.5, 0.6) is 11.5 Å². The molecule has 3 rings (SSSR count). The molecule has 0 saturated carbocycles. The average Bonchev–Trinajstić information content (AvgIpc) is 2.49. The highest BCUT2D eigenvalue weighted by atomic mass is 79.9. The van der Waals surface area contributed by atoms with E-state index in [1.165, 1.54) is 6.07 Å². The highest BCUT2D eigenvalue weighted by molar-refractivity contribution is 9.10. The van der Waals surface area contributed by atoms with Crippen molar-refractivity contribution in [3.8, 4) is 11.5 Å². The first-order valence-electron chi connectivity index (χ1n) is 6.25. The summed E-state index contributed by atoms with van der Waals surface area (Å²) in [5, 5.41) is 0. The van der Waals surface area contributed by atoms with Crippen LogP contribution in [0.2, 0.25) is 0 Å². The number of halogens is 2. The third-order valence-corrected chi connectivity index (χ3v) is 3.84. The summed E-state index contributed by atoms with van der Waals surface area (Å²) in [4.78, 5) is 0. The van der Waals surface area contributed by atoms with Crippen molar-refractivity contribution in [1.82, 2.24) is 0 Å². The van der Waals surface area contributed by atoms with Gasteiger partial charge in [0.05, 0.1) is 10.5 Å². The molecule has 0 bridgehead atoms. The summed E-state index contributed by atoms with van der Waals surface area (Å²) in [6.07, 6.45) is 0. The van der Waals surface area contributed by atoms with Crippen LogP contribution in [0.15, 0.2) is 40.9 Å². The fraction of sp³-hybridized carbons (Fsp3) is 0.200. The van der Waals surface area contributed by atoms with Crippen LogP contribution in [0, 0.1) is 5.82 Å². The molecule has 5 heteroatoms. The highest BCUT2D eigenvalue weighted by Gasteiger charge is 2.16. The molecule has 0 aromatic heterocycles. The lowest BCUT2D eigenvalue weighted by atomic mass is 9.99. The van der Waals surface area contributed by atoms with Crippen molar-refractivity contribution < 1.29 is 13.9 Å². The Morgan fingerprint density at radius 3 is 2.40 bits per heavy atom. The summed E-state index contributed by atoms with van der Waals surface area (Å²) in [7, 11) is 0. The van der Waals surface area contributed by atoms with E-state index in [-0.39, 0.29) is 11.9 Å². The lowest BCUT2D eigenvalue weighted by Crippen LogP contribution is -2.17. The number of hydrogen-bond acceptors (Lipinski definition) is 3. The maximum Gasteiger partial charge on any atom is 0.161 e. The summed E-state index contributed by atoms with van der Waals surface area (Å²) in [6, 6.07) is 10.0. The number of hydrogen-bond donors (Lipinski definition) is 1. The van der Waals surface area contributed by atoms with Gasteiger partial charge in [0, 0.05) is 0 Å². The molecule has 2 aromatic carbocycles. The van der Waals surface area contributed by atoms with Gasteiger partial charge in [-0.2, -0.15) is 0 Å². The number of ether oxygens (including phenoxy) is 2. The molecular formula is C15H13BrFNO2. The molecule has 20 heavy (non-hydrogen) atoms. The van der Waals surface area contributed by atoms with Gasteiger partial charge in [0.15, 0.2) is 11.5 Å². The Labute approximate surface area is 124 Å². The van der Waals surface area contributed by atoms with Crippen molar-refractivity contribution in [3.05, 3.63) is 57.8 Å². The SMILES string of the molecule is NC(c1ccc(F)c(Br)c1)c1ccc2c(c1)OCCO2. The Kier molecular flexibility index (Phi) is 3.63. The van der Waals surface area contributed by atoms with Crippen LogP contribution in [-0.2, 0) is 0 Å². The standard InChI is InChI=1S/C15H13BrFNO2/c16-11-7-9(1-3-12(11)17)15(18)10-2-4-13-14(8-10)20-6-5-19-13/h1-4,7-8,15H,5-6,18H2. The summed E-state index contributed by atoms with van der Waals surface area (Å²) < 4.78 is 24.7. The maximum atomic E-state index is 13.3. The molecule has 0 aliphatic carbocycles. The normalized spacial score (nSPS) is 14.9. The number of fused-ring (bicyclic) bond motifs is 1. The third kappa shape index (κ3) is 2.51. The lowest BCUT2D eigenvalue weighted by molar-refractivity contribution is 0.171. The fourth-order valence-corrected chi connectivity index (χ4v) is 2.55. The molecule has 1 aliphatic rings. The van der Waals surface area contributed by atoms with Crippen molar-refractivity contribution in [1.29, 1.82) is 0 Å². The van der Waals surface area contributed by atoms with Crippen LogP contribution in [0.3, 0.4) is 0 Å². The van der Waals surface area contributed by atoms with E-state index in [0.717, 1.165) is 16.9 Å². The molecule has 3 nitrogen and oxygen atoms in total. The molecule has 1 aliphatic heterocycles. The summed E-state index contributed by atoms with van der Waals surface area (Å²) in [5.74, 6) is 1.13. The van der Waals surface area contributed by atoms with E-state index < -0.39 is 0 Å². The van der Waals surface area contributed by atoms with Gasteiger partial charge in [-0.3, -0.25) is 0 Å². The van der Waals surface area contributed by atoms with Crippen LogP contribution in [0.25, 0.3) is 0 Å². The Morgan fingerprint density at radius 1 is 1.00 bits per heavy atom. The van der Waals surface area contributed by atoms with Gasteiger partial charge in [-0.25, -0.2) is 4.39 Å². The Morgan fingerprint density at radius 2 is 1.65 bits per heavy atom. The molecule has 1 unspecified atom stereocenters. The number of nitrogens with two attached hydrogens (primary N) is 1. The van der Waals surface area contributed by atoms with Crippen molar-refractivity contribution >= 4 is 15.9 Å². The van der Waals surface area contributed by atoms with Gasteiger partial charge in [0.2, 0.25) is 0 Å². The Hall–Kier alpha value is -1.59. The summed E-state index contributed by atoms with van der Waals surface area (Å²) >= 11 is 3.17. The monoisotopic (exact) mass is 337 g/mol. The van der Waals surface area contributed by atoms with Crippen molar-refractivity contribution in [3.63, 3.8) is 0 Å². The average molecular weight is 338 g/mol. The van der Waals surface area contributed by atoms with Gasteiger partial charge in [0.1, 0.15) is 19.0 Å². The van der Waals surface area contributed by atoms with Crippen LogP contribution < -0.4 is 15.2 Å². The van der Waals surface area contributed by atoms with E-state index >= 15 is 0 Å². The zero-order valence-electron chi connectivity index (χ0n) is 10.6. The highest BCUT2D eigenvalue weighted by Crippen LogP contribution is 2.34. The third-order valence-electron chi connectivity index (χ3n) is 3.23. The number of rotatable bonds is 2. The largest absolute Gasteiger partial charge is 0.486 e. The first-order chi connectivity index (χ1) is 9.65. The van der Waals surface area contributed by atoms with Crippen molar-refractivity contribution in [2.24, 2.45) is 5.73 Å². The molecule has 2 N–H and O–H groups in total.